The van der Waals surface area contributed by atoms with E-state index in [1.165, 1.54) is 0 Å². The van der Waals surface area contributed by atoms with Gasteiger partial charge in [-0.25, -0.2) is 0 Å². The van der Waals surface area contributed by atoms with Crippen molar-refractivity contribution >= 4 is 11.6 Å². The van der Waals surface area contributed by atoms with Crippen molar-refractivity contribution in [1.29, 1.82) is 0 Å². The highest BCUT2D eigenvalue weighted by molar-refractivity contribution is 6.31. The fourth-order valence-corrected chi connectivity index (χ4v) is 2.38. The molecule has 2 heterocycles. The fourth-order valence-electron chi connectivity index (χ4n) is 2.02. The predicted octanol–water partition coefficient (Wildman–Crippen LogP) is 2.63. The first-order valence-corrected chi connectivity index (χ1v) is 6.83. The average molecular weight is 279 g/mol. The van der Waals surface area contributed by atoms with Gasteiger partial charge in [0.05, 0.1) is 22.1 Å². The van der Waals surface area contributed by atoms with Gasteiger partial charge in [0.15, 0.2) is 0 Å². The first-order valence-electron chi connectivity index (χ1n) is 6.45. The molecule has 5 heteroatoms. The number of hydrogen-bond acceptors (Lipinski definition) is 3. The summed E-state index contributed by atoms with van der Waals surface area (Å²) in [7, 11) is 1.92. The van der Waals surface area contributed by atoms with Crippen LogP contribution in [0.2, 0.25) is 5.02 Å². The molecule has 0 fully saturated rings. The number of aromatic nitrogens is 3. The third-order valence-electron chi connectivity index (χ3n) is 3.05. The Morgan fingerprint density at radius 2 is 2.11 bits per heavy atom. The van der Waals surface area contributed by atoms with E-state index in [4.69, 9.17) is 11.6 Å². The first kappa shape index (κ1) is 14.0. The number of nitrogens with one attached hydrogen (secondary N) is 1. The zero-order valence-electron chi connectivity index (χ0n) is 11.6. The van der Waals surface area contributed by atoms with E-state index in [0.29, 0.717) is 6.54 Å². The van der Waals surface area contributed by atoms with Gasteiger partial charge in [-0.05, 0) is 25.5 Å². The van der Waals surface area contributed by atoms with Crippen LogP contribution in [0, 0.1) is 6.92 Å². The number of halogens is 1. The van der Waals surface area contributed by atoms with Gasteiger partial charge in [-0.15, -0.1) is 0 Å². The van der Waals surface area contributed by atoms with Crippen LogP contribution in [0.15, 0.2) is 18.2 Å². The summed E-state index contributed by atoms with van der Waals surface area (Å²) >= 11 is 6.30. The molecule has 2 aromatic rings. The Morgan fingerprint density at radius 3 is 2.74 bits per heavy atom. The van der Waals surface area contributed by atoms with Crippen molar-refractivity contribution in [1.82, 2.24) is 20.1 Å². The van der Waals surface area contributed by atoms with Gasteiger partial charge in [0.1, 0.15) is 0 Å². The molecule has 2 aromatic heterocycles. The smallest absolute Gasteiger partial charge is 0.0863 e. The van der Waals surface area contributed by atoms with Gasteiger partial charge in [-0.1, -0.05) is 24.6 Å². The van der Waals surface area contributed by atoms with E-state index < -0.39 is 0 Å². The summed E-state index contributed by atoms with van der Waals surface area (Å²) < 4.78 is 1.85. The van der Waals surface area contributed by atoms with Gasteiger partial charge in [0.2, 0.25) is 0 Å². The van der Waals surface area contributed by atoms with Crippen molar-refractivity contribution in [2.45, 2.75) is 33.4 Å². The average Bonchev–Trinajstić information content (AvgIpc) is 2.66. The van der Waals surface area contributed by atoms with E-state index in [9.17, 15) is 0 Å². The Kier molecular flexibility index (Phi) is 4.56. The van der Waals surface area contributed by atoms with Crippen LogP contribution in [-0.4, -0.2) is 14.8 Å². The third kappa shape index (κ3) is 3.33. The van der Waals surface area contributed by atoms with Crippen LogP contribution < -0.4 is 5.32 Å². The minimum Gasteiger partial charge on any atom is -0.305 e. The number of pyridine rings is 1. The van der Waals surface area contributed by atoms with Gasteiger partial charge < -0.3 is 5.32 Å². The molecule has 0 aliphatic carbocycles. The second kappa shape index (κ2) is 6.17. The molecule has 4 nitrogen and oxygen atoms in total. The fraction of sp³-hybridized carbons (Fsp3) is 0.429. The minimum atomic E-state index is 0.692. The van der Waals surface area contributed by atoms with E-state index in [2.05, 4.69) is 22.3 Å². The highest BCUT2D eigenvalue weighted by Crippen LogP contribution is 2.20. The Labute approximate surface area is 118 Å². The Bertz CT molecular complexity index is 563. The molecular formula is C14H19ClN4. The third-order valence-corrected chi connectivity index (χ3v) is 3.48. The number of nitrogens with zero attached hydrogens (tertiary/aromatic N) is 3. The lowest BCUT2D eigenvalue weighted by Gasteiger charge is -2.06. The lowest BCUT2D eigenvalue weighted by Crippen LogP contribution is -2.16. The standard InChI is InChI=1S/C14H19ClN4/c1-4-12-14(15)13(19(3)18-12)9-16-8-11-7-5-6-10(2)17-11/h5-7,16H,4,8-9H2,1-3H3. The van der Waals surface area contributed by atoms with Crippen LogP contribution in [-0.2, 0) is 26.6 Å². The molecule has 0 unspecified atom stereocenters. The van der Waals surface area contributed by atoms with Crippen molar-refractivity contribution in [3.8, 4) is 0 Å². The van der Waals surface area contributed by atoms with Gasteiger partial charge in [0.25, 0.3) is 0 Å². The van der Waals surface area contributed by atoms with Crippen molar-refractivity contribution in [2.75, 3.05) is 0 Å². The molecule has 19 heavy (non-hydrogen) atoms. The zero-order valence-corrected chi connectivity index (χ0v) is 12.3. The van der Waals surface area contributed by atoms with Crippen LogP contribution >= 0.6 is 11.6 Å². The molecule has 0 saturated carbocycles. The highest BCUT2D eigenvalue weighted by atomic mass is 35.5. The van der Waals surface area contributed by atoms with Crippen LogP contribution in [0.3, 0.4) is 0 Å². The molecule has 102 valence electrons. The molecule has 1 N–H and O–H groups in total. The summed E-state index contributed by atoms with van der Waals surface area (Å²) in [5.41, 5.74) is 4.04. The second-order valence-electron chi connectivity index (χ2n) is 4.56. The Balaban J connectivity index is 1.98. The van der Waals surface area contributed by atoms with E-state index in [0.717, 1.165) is 40.8 Å². The maximum Gasteiger partial charge on any atom is 0.0863 e. The molecule has 0 spiro atoms. The maximum absolute atomic E-state index is 6.30. The maximum atomic E-state index is 6.30. The van der Waals surface area contributed by atoms with Crippen LogP contribution in [0.4, 0.5) is 0 Å². The Morgan fingerprint density at radius 1 is 1.32 bits per heavy atom. The monoisotopic (exact) mass is 278 g/mol. The molecule has 0 aliphatic rings. The minimum absolute atomic E-state index is 0.692. The lowest BCUT2D eigenvalue weighted by molar-refractivity contribution is 0.617. The van der Waals surface area contributed by atoms with E-state index in [-0.39, 0.29) is 0 Å². The van der Waals surface area contributed by atoms with Gasteiger partial charge in [-0.3, -0.25) is 9.67 Å². The molecule has 2 rings (SSSR count). The zero-order chi connectivity index (χ0) is 13.8. The van der Waals surface area contributed by atoms with Crippen LogP contribution in [0.25, 0.3) is 0 Å². The molecule has 0 amide bonds. The summed E-state index contributed by atoms with van der Waals surface area (Å²) in [4.78, 5) is 4.45. The molecule has 0 aliphatic heterocycles. The topological polar surface area (TPSA) is 42.7 Å². The molecule has 0 aromatic carbocycles. The highest BCUT2D eigenvalue weighted by Gasteiger charge is 2.12. The SMILES string of the molecule is CCc1nn(C)c(CNCc2cccc(C)n2)c1Cl. The van der Waals surface area contributed by atoms with Crippen molar-refractivity contribution in [3.63, 3.8) is 0 Å². The number of rotatable bonds is 5. The number of hydrogen-bond donors (Lipinski definition) is 1. The lowest BCUT2D eigenvalue weighted by atomic mass is 10.3. The molecule has 0 bridgehead atoms. The first-order chi connectivity index (χ1) is 9.11. The molecule has 0 saturated heterocycles. The summed E-state index contributed by atoms with van der Waals surface area (Å²) in [5.74, 6) is 0. The summed E-state index contributed by atoms with van der Waals surface area (Å²) in [5, 5.41) is 8.53. The van der Waals surface area contributed by atoms with Crippen LogP contribution in [0.1, 0.15) is 29.7 Å². The van der Waals surface area contributed by atoms with E-state index in [1.807, 2.05) is 36.9 Å². The summed E-state index contributed by atoms with van der Waals surface area (Å²) in [6.45, 7) is 5.47. The van der Waals surface area contributed by atoms with Gasteiger partial charge in [0, 0.05) is 25.8 Å². The predicted molar refractivity (Wildman–Crippen MR) is 77.1 cm³/mol. The summed E-state index contributed by atoms with van der Waals surface area (Å²) in [6, 6.07) is 6.03. The van der Waals surface area contributed by atoms with Crippen LogP contribution in [0.5, 0.6) is 0 Å². The normalized spacial score (nSPS) is 10.9. The van der Waals surface area contributed by atoms with Gasteiger partial charge in [-0.2, -0.15) is 5.10 Å². The molecule has 0 atom stereocenters. The van der Waals surface area contributed by atoms with Crippen molar-refractivity contribution in [3.05, 3.63) is 46.0 Å². The molecule has 0 radical (unpaired) electrons. The largest absolute Gasteiger partial charge is 0.305 e. The van der Waals surface area contributed by atoms with Crippen molar-refractivity contribution in [2.24, 2.45) is 7.05 Å². The number of aryl methyl sites for hydroxylation is 3. The van der Waals surface area contributed by atoms with E-state index >= 15 is 0 Å². The quantitative estimate of drug-likeness (QED) is 0.914. The second-order valence-corrected chi connectivity index (χ2v) is 4.94. The van der Waals surface area contributed by atoms with E-state index in [1.54, 1.807) is 0 Å². The molecular weight excluding hydrogens is 260 g/mol. The van der Waals surface area contributed by atoms with Crippen molar-refractivity contribution < 1.29 is 0 Å². The van der Waals surface area contributed by atoms with Gasteiger partial charge >= 0.3 is 0 Å². The summed E-state index contributed by atoms with van der Waals surface area (Å²) in [6.07, 6.45) is 0.853. The Hall–Kier alpha value is -1.39.